The minimum atomic E-state index is -4.67. The van der Waals surface area contributed by atoms with Crippen LogP contribution in [0.3, 0.4) is 0 Å². The van der Waals surface area contributed by atoms with Gasteiger partial charge in [0.15, 0.2) is 5.65 Å². The van der Waals surface area contributed by atoms with Gasteiger partial charge in [-0.05, 0) is 31.4 Å². The number of hydrogen-bond acceptors (Lipinski definition) is 8. The number of hydrogen-bond donors (Lipinski definition) is 1. The van der Waals surface area contributed by atoms with Gasteiger partial charge in [0, 0.05) is 41.7 Å². The van der Waals surface area contributed by atoms with Gasteiger partial charge < -0.3 is 14.8 Å². The monoisotopic (exact) mass is 568 g/mol. The Morgan fingerprint density at radius 2 is 1.80 bits per heavy atom. The summed E-state index contributed by atoms with van der Waals surface area (Å²) < 4.78 is 91.4. The maximum absolute atomic E-state index is 13.5. The molecule has 2 atom stereocenters. The topological polar surface area (TPSA) is 104 Å². The van der Waals surface area contributed by atoms with E-state index in [1.165, 1.54) is 0 Å². The highest BCUT2D eigenvalue weighted by molar-refractivity contribution is 5.63. The number of rotatable bonds is 6. The molecular weight excluding hydrogens is 546 g/mol. The fourth-order valence-electron chi connectivity index (χ4n) is 4.87. The van der Waals surface area contributed by atoms with Crippen LogP contribution in [0.2, 0.25) is 0 Å². The zero-order valence-corrected chi connectivity index (χ0v) is 20.7. The molecule has 6 rings (SSSR count). The molecule has 0 radical (unpaired) electrons. The summed E-state index contributed by atoms with van der Waals surface area (Å²) in [4.78, 5) is 7.89. The van der Waals surface area contributed by atoms with Gasteiger partial charge in [-0.2, -0.15) is 27.9 Å². The predicted octanol–water partition coefficient (Wildman–Crippen LogP) is 4.79. The summed E-state index contributed by atoms with van der Waals surface area (Å²) in [7, 11) is 0. The molecule has 4 aromatic heterocycles. The molecular formula is C24H22F6N8O2. The Morgan fingerprint density at radius 3 is 2.50 bits per heavy atom. The largest absolute Gasteiger partial charge is 0.504 e. The van der Waals surface area contributed by atoms with Crippen LogP contribution in [-0.4, -0.2) is 59.7 Å². The van der Waals surface area contributed by atoms with E-state index in [0.717, 1.165) is 31.7 Å². The Morgan fingerprint density at radius 1 is 0.975 bits per heavy atom. The molecule has 1 aliphatic carbocycles. The maximum atomic E-state index is 13.5. The van der Waals surface area contributed by atoms with E-state index in [0.29, 0.717) is 29.7 Å². The number of fused-ring (bicyclic) bond motifs is 1. The van der Waals surface area contributed by atoms with Crippen LogP contribution in [0.4, 0.5) is 32.3 Å². The first kappa shape index (κ1) is 26.3. The van der Waals surface area contributed by atoms with Crippen molar-refractivity contribution in [3.8, 4) is 17.0 Å². The number of pyridine rings is 1. The molecule has 2 fully saturated rings. The van der Waals surface area contributed by atoms with Crippen molar-refractivity contribution in [3.63, 3.8) is 0 Å². The first-order valence-electron chi connectivity index (χ1n) is 12.5. The van der Waals surface area contributed by atoms with Gasteiger partial charge >= 0.3 is 12.5 Å². The third kappa shape index (κ3) is 5.26. The predicted molar refractivity (Wildman–Crippen MR) is 126 cm³/mol. The Balaban J connectivity index is 1.21. The number of nitrogens with zero attached hydrogens (tertiary/aromatic N) is 7. The van der Waals surface area contributed by atoms with Gasteiger partial charge in [0.2, 0.25) is 11.8 Å². The Hall–Kier alpha value is -3.95. The number of aromatic nitrogens is 7. The van der Waals surface area contributed by atoms with Crippen LogP contribution in [0.1, 0.15) is 43.0 Å². The summed E-state index contributed by atoms with van der Waals surface area (Å²) in [5.74, 6) is 0.0278. The van der Waals surface area contributed by atoms with Crippen molar-refractivity contribution in [1.82, 2.24) is 34.3 Å². The molecule has 40 heavy (non-hydrogen) atoms. The van der Waals surface area contributed by atoms with Crippen LogP contribution in [0.5, 0.6) is 5.88 Å². The molecule has 4 aromatic rings. The Labute approximate surface area is 222 Å². The van der Waals surface area contributed by atoms with Crippen molar-refractivity contribution in [3.05, 3.63) is 48.3 Å². The zero-order valence-electron chi connectivity index (χ0n) is 20.7. The van der Waals surface area contributed by atoms with E-state index in [1.54, 1.807) is 22.7 Å². The van der Waals surface area contributed by atoms with Crippen molar-refractivity contribution in [2.75, 3.05) is 18.5 Å². The summed E-state index contributed by atoms with van der Waals surface area (Å²) in [6.07, 6.45) is -2.51. The molecule has 1 saturated heterocycles. The zero-order chi connectivity index (χ0) is 28.1. The normalized spacial score (nSPS) is 20.4. The highest BCUT2D eigenvalue weighted by atomic mass is 19.4. The van der Waals surface area contributed by atoms with Gasteiger partial charge in [-0.15, -0.1) is 23.4 Å². The Kier molecular flexibility index (Phi) is 6.51. The standard InChI is InChI=1S/C24H22F6N8O2/c25-23(26,27)18-8-31-22(34-21(18)40-17-11-39-12-17)33-16-3-1-2-13(6-16)20-36-35-19-5-4-14(9-37(19)20)15-7-32-38(10-15)24(28,29)30/h4-5,7-10,13,16-17H,1-3,6,11-12H2,(H,31,33,34)/t13-,16+/m0/s1. The molecule has 5 heterocycles. The third-order valence-corrected chi connectivity index (χ3v) is 6.92. The van der Waals surface area contributed by atoms with Crippen LogP contribution in [0.25, 0.3) is 16.8 Å². The quantitative estimate of drug-likeness (QED) is 0.331. The molecule has 2 aliphatic rings. The molecule has 0 unspecified atom stereocenters. The van der Waals surface area contributed by atoms with E-state index in [1.807, 2.05) is 0 Å². The van der Waals surface area contributed by atoms with E-state index in [-0.39, 0.29) is 41.4 Å². The smallest absolute Gasteiger partial charge is 0.469 e. The SMILES string of the molecule is FC(F)(F)c1cnc(N[C@@H]2CCC[C@H](c3nnc4ccc(-c5cnn(C(F)(F)F)c5)cn34)C2)nc1OC1COC1. The lowest BCUT2D eigenvalue weighted by molar-refractivity contribution is -0.212. The van der Waals surface area contributed by atoms with Crippen molar-refractivity contribution in [2.45, 2.75) is 56.2 Å². The summed E-state index contributed by atoms with van der Waals surface area (Å²) in [6, 6.07) is 3.14. The van der Waals surface area contributed by atoms with Crippen LogP contribution >= 0.6 is 0 Å². The molecule has 0 amide bonds. The van der Waals surface area contributed by atoms with Gasteiger partial charge in [0.25, 0.3) is 0 Å². The molecule has 0 spiro atoms. The fourth-order valence-corrected chi connectivity index (χ4v) is 4.87. The van der Waals surface area contributed by atoms with Gasteiger partial charge in [-0.3, -0.25) is 4.40 Å². The molecule has 10 nitrogen and oxygen atoms in total. The molecule has 0 aromatic carbocycles. The molecule has 1 aliphatic heterocycles. The van der Waals surface area contributed by atoms with Crippen LogP contribution in [-0.2, 0) is 17.2 Å². The highest BCUT2D eigenvalue weighted by Gasteiger charge is 2.38. The number of halogens is 6. The summed E-state index contributed by atoms with van der Waals surface area (Å²) in [5.41, 5.74) is 0.271. The lowest BCUT2D eigenvalue weighted by Crippen LogP contribution is -2.39. The van der Waals surface area contributed by atoms with E-state index < -0.39 is 30.0 Å². The highest BCUT2D eigenvalue weighted by Crippen LogP contribution is 2.37. The molecule has 0 bridgehead atoms. The van der Waals surface area contributed by atoms with Crippen molar-refractivity contribution >= 4 is 11.6 Å². The lowest BCUT2D eigenvalue weighted by Gasteiger charge is -2.30. The van der Waals surface area contributed by atoms with E-state index in [4.69, 9.17) is 9.47 Å². The molecule has 1 N–H and O–H groups in total. The second-order valence-corrected chi connectivity index (χ2v) is 9.74. The van der Waals surface area contributed by atoms with E-state index >= 15 is 0 Å². The minimum absolute atomic E-state index is 0.0176. The Bertz CT molecular complexity index is 1510. The van der Waals surface area contributed by atoms with Gasteiger partial charge in [-0.25, -0.2) is 4.98 Å². The minimum Gasteiger partial charge on any atom is -0.469 e. The first-order valence-corrected chi connectivity index (χ1v) is 12.5. The van der Waals surface area contributed by atoms with Gasteiger partial charge in [0.1, 0.15) is 17.5 Å². The number of alkyl halides is 6. The average molecular weight is 568 g/mol. The lowest BCUT2D eigenvalue weighted by atomic mass is 9.85. The van der Waals surface area contributed by atoms with E-state index in [9.17, 15) is 26.3 Å². The first-order chi connectivity index (χ1) is 19.0. The average Bonchev–Trinajstić information content (AvgIpc) is 3.53. The number of ether oxygens (including phenoxy) is 2. The van der Waals surface area contributed by atoms with E-state index in [2.05, 4.69) is 30.6 Å². The maximum Gasteiger partial charge on any atom is 0.504 e. The van der Waals surface area contributed by atoms with Crippen molar-refractivity contribution < 1.29 is 35.8 Å². The van der Waals surface area contributed by atoms with Crippen molar-refractivity contribution in [2.24, 2.45) is 0 Å². The number of anilines is 1. The van der Waals surface area contributed by atoms with Crippen LogP contribution in [0.15, 0.2) is 36.9 Å². The molecule has 16 heteroatoms. The third-order valence-electron chi connectivity index (χ3n) is 6.92. The van der Waals surface area contributed by atoms with Crippen molar-refractivity contribution in [1.29, 1.82) is 0 Å². The van der Waals surface area contributed by atoms with Crippen LogP contribution in [0, 0.1) is 0 Å². The fraction of sp³-hybridized carbons (Fsp3) is 0.458. The summed E-state index contributed by atoms with van der Waals surface area (Å²) in [6.45, 7) is 0.375. The molecule has 212 valence electrons. The summed E-state index contributed by atoms with van der Waals surface area (Å²) >= 11 is 0. The molecule has 1 saturated carbocycles. The second kappa shape index (κ2) is 9.91. The second-order valence-electron chi connectivity index (χ2n) is 9.74. The van der Waals surface area contributed by atoms with Gasteiger partial charge in [-0.1, -0.05) is 6.42 Å². The summed E-state index contributed by atoms with van der Waals surface area (Å²) in [5, 5.41) is 15.1. The van der Waals surface area contributed by atoms with Gasteiger partial charge in [0.05, 0.1) is 19.4 Å². The van der Waals surface area contributed by atoms with Crippen LogP contribution < -0.4 is 10.1 Å². The number of nitrogens with one attached hydrogen (secondary N) is 1.